The van der Waals surface area contributed by atoms with Crippen molar-refractivity contribution in [1.29, 1.82) is 0 Å². The summed E-state index contributed by atoms with van der Waals surface area (Å²) >= 11 is 0. The second kappa shape index (κ2) is 7.76. The topological polar surface area (TPSA) is 69.6 Å². The summed E-state index contributed by atoms with van der Waals surface area (Å²) in [5.74, 6) is -1.38. The largest absolute Gasteiger partial charge is 0.481 e. The predicted molar refractivity (Wildman–Crippen MR) is 85.2 cm³/mol. The fraction of sp³-hybridized carbons (Fsp3) is 0.529. The summed E-state index contributed by atoms with van der Waals surface area (Å²) in [6.07, 6.45) is -3.51. The number of nitrogens with one attached hydrogen (secondary N) is 1. The Morgan fingerprint density at radius 3 is 2.28 bits per heavy atom. The zero-order valence-corrected chi connectivity index (χ0v) is 13.8. The Hall–Kier alpha value is -2.25. The zero-order chi connectivity index (χ0) is 18.6. The Kier molecular flexibility index (Phi) is 5.92. The van der Waals surface area contributed by atoms with Crippen molar-refractivity contribution in [1.82, 2.24) is 10.2 Å². The molecule has 1 heterocycles. The Morgan fingerprint density at radius 1 is 1.24 bits per heavy atom. The van der Waals surface area contributed by atoms with Crippen molar-refractivity contribution in [2.24, 2.45) is 5.92 Å². The number of piperidine rings is 1. The van der Waals surface area contributed by atoms with Gasteiger partial charge in [0.1, 0.15) is 0 Å². The summed E-state index contributed by atoms with van der Waals surface area (Å²) in [5, 5.41) is 11.7. The van der Waals surface area contributed by atoms with Crippen LogP contribution in [-0.4, -0.2) is 41.6 Å². The molecule has 2 rings (SSSR count). The standard InChI is InChI=1S/C17H21F3N2O3/c1-11(12-2-4-14(5-3-12)17(18,19)20)10-21-16(25)22-8-6-13(7-9-22)15(23)24/h2-5,11,13H,6-10H2,1H3,(H,21,25)(H,23,24). The van der Waals surface area contributed by atoms with Crippen molar-refractivity contribution < 1.29 is 27.9 Å². The molecule has 5 nitrogen and oxygen atoms in total. The highest BCUT2D eigenvalue weighted by molar-refractivity contribution is 5.75. The van der Waals surface area contributed by atoms with Crippen LogP contribution in [0.25, 0.3) is 0 Å². The second-order valence-electron chi connectivity index (χ2n) is 6.31. The first-order chi connectivity index (χ1) is 11.7. The van der Waals surface area contributed by atoms with Gasteiger partial charge in [-0.3, -0.25) is 4.79 Å². The SMILES string of the molecule is CC(CNC(=O)N1CCC(C(=O)O)CC1)c1ccc(C(F)(F)F)cc1. The van der Waals surface area contributed by atoms with E-state index in [1.807, 2.05) is 6.92 Å². The van der Waals surface area contributed by atoms with E-state index in [1.54, 1.807) is 4.90 Å². The molecule has 2 amide bonds. The number of carbonyl (C=O) groups excluding carboxylic acids is 1. The minimum atomic E-state index is -4.36. The van der Waals surface area contributed by atoms with Gasteiger partial charge in [0.2, 0.25) is 0 Å². The molecule has 0 bridgehead atoms. The fourth-order valence-electron chi connectivity index (χ4n) is 2.80. The molecule has 138 valence electrons. The first kappa shape index (κ1) is 19.1. The number of aliphatic carboxylic acids is 1. The van der Waals surface area contributed by atoms with E-state index in [2.05, 4.69) is 5.32 Å². The van der Waals surface area contributed by atoms with Crippen LogP contribution in [0.4, 0.5) is 18.0 Å². The summed E-state index contributed by atoms with van der Waals surface area (Å²) in [7, 11) is 0. The van der Waals surface area contributed by atoms with Gasteiger partial charge in [-0.25, -0.2) is 4.79 Å². The highest BCUT2D eigenvalue weighted by Crippen LogP contribution is 2.30. The number of hydrogen-bond acceptors (Lipinski definition) is 2. The number of nitrogens with zero attached hydrogens (tertiary/aromatic N) is 1. The van der Waals surface area contributed by atoms with Crippen LogP contribution in [0.15, 0.2) is 24.3 Å². The van der Waals surface area contributed by atoms with E-state index in [9.17, 15) is 22.8 Å². The molecule has 8 heteroatoms. The molecule has 0 spiro atoms. The number of alkyl halides is 3. The summed E-state index contributed by atoms with van der Waals surface area (Å²) in [6.45, 7) is 2.89. The Bertz CT molecular complexity index is 609. The van der Waals surface area contributed by atoms with Crippen LogP contribution >= 0.6 is 0 Å². The minimum absolute atomic E-state index is 0.136. The average molecular weight is 358 g/mol. The summed E-state index contributed by atoms with van der Waals surface area (Å²) < 4.78 is 37.7. The molecule has 0 aromatic heterocycles. The molecule has 1 aromatic rings. The quantitative estimate of drug-likeness (QED) is 0.868. The normalized spacial score (nSPS) is 17.2. The Morgan fingerprint density at radius 2 is 1.80 bits per heavy atom. The molecular weight excluding hydrogens is 337 g/mol. The second-order valence-corrected chi connectivity index (χ2v) is 6.31. The number of carbonyl (C=O) groups is 2. The number of hydrogen-bond donors (Lipinski definition) is 2. The minimum Gasteiger partial charge on any atom is -0.481 e. The van der Waals surface area contributed by atoms with Crippen LogP contribution in [0.2, 0.25) is 0 Å². The van der Waals surface area contributed by atoms with Crippen molar-refractivity contribution in [3.05, 3.63) is 35.4 Å². The molecule has 0 aliphatic carbocycles. The molecule has 1 atom stereocenters. The van der Waals surface area contributed by atoms with Gasteiger partial charge in [0.25, 0.3) is 0 Å². The first-order valence-corrected chi connectivity index (χ1v) is 8.11. The Balaban J connectivity index is 1.82. The van der Waals surface area contributed by atoms with Crippen LogP contribution in [-0.2, 0) is 11.0 Å². The lowest BCUT2D eigenvalue weighted by atomic mass is 9.97. The van der Waals surface area contributed by atoms with E-state index in [4.69, 9.17) is 5.11 Å². The maximum absolute atomic E-state index is 12.6. The van der Waals surface area contributed by atoms with E-state index >= 15 is 0 Å². The number of carboxylic acids is 1. The summed E-state index contributed by atoms with van der Waals surface area (Å²) in [5.41, 5.74) is 0.00618. The molecule has 1 unspecified atom stereocenters. The van der Waals surface area contributed by atoms with Gasteiger partial charge < -0.3 is 15.3 Å². The van der Waals surface area contributed by atoms with Gasteiger partial charge in [-0.2, -0.15) is 13.2 Å². The molecule has 2 N–H and O–H groups in total. The molecule has 0 radical (unpaired) electrons. The van der Waals surface area contributed by atoms with Gasteiger partial charge in [0.05, 0.1) is 11.5 Å². The van der Waals surface area contributed by atoms with E-state index in [0.29, 0.717) is 38.0 Å². The third kappa shape index (κ3) is 5.11. The van der Waals surface area contributed by atoms with Gasteiger partial charge in [0.15, 0.2) is 0 Å². The Labute approximate surface area is 143 Å². The van der Waals surface area contributed by atoms with E-state index in [1.165, 1.54) is 12.1 Å². The van der Waals surface area contributed by atoms with Crippen LogP contribution in [0.1, 0.15) is 36.8 Å². The van der Waals surface area contributed by atoms with Crippen LogP contribution < -0.4 is 5.32 Å². The molecule has 25 heavy (non-hydrogen) atoms. The smallest absolute Gasteiger partial charge is 0.416 e. The number of benzene rings is 1. The third-order valence-corrected chi connectivity index (χ3v) is 4.50. The zero-order valence-electron chi connectivity index (χ0n) is 13.8. The number of likely N-dealkylation sites (tertiary alicyclic amines) is 1. The average Bonchev–Trinajstić information content (AvgIpc) is 2.58. The number of urea groups is 1. The number of halogens is 3. The maximum Gasteiger partial charge on any atom is 0.416 e. The fourth-order valence-corrected chi connectivity index (χ4v) is 2.80. The van der Waals surface area contributed by atoms with E-state index in [-0.39, 0.29) is 11.9 Å². The van der Waals surface area contributed by atoms with Crippen molar-refractivity contribution in [3.8, 4) is 0 Å². The van der Waals surface area contributed by atoms with Crippen LogP contribution in [0.5, 0.6) is 0 Å². The molecule has 0 saturated carbocycles. The third-order valence-electron chi connectivity index (χ3n) is 4.50. The predicted octanol–water partition coefficient (Wildman–Crippen LogP) is 3.32. The van der Waals surface area contributed by atoms with Gasteiger partial charge in [-0.15, -0.1) is 0 Å². The van der Waals surface area contributed by atoms with Crippen LogP contribution in [0, 0.1) is 5.92 Å². The van der Waals surface area contributed by atoms with Gasteiger partial charge >= 0.3 is 18.2 Å². The number of rotatable bonds is 4. The lowest BCUT2D eigenvalue weighted by Gasteiger charge is -2.30. The van der Waals surface area contributed by atoms with Gasteiger partial charge in [0, 0.05) is 19.6 Å². The first-order valence-electron chi connectivity index (χ1n) is 8.11. The lowest BCUT2D eigenvalue weighted by molar-refractivity contribution is -0.143. The van der Waals surface area contributed by atoms with Crippen molar-refractivity contribution >= 4 is 12.0 Å². The van der Waals surface area contributed by atoms with Crippen molar-refractivity contribution in [3.63, 3.8) is 0 Å². The number of carboxylic acid groups (broad SMARTS) is 1. The molecular formula is C17H21F3N2O3. The highest BCUT2D eigenvalue weighted by atomic mass is 19.4. The van der Waals surface area contributed by atoms with E-state index in [0.717, 1.165) is 12.1 Å². The summed E-state index contributed by atoms with van der Waals surface area (Å²) in [6, 6.07) is 4.62. The summed E-state index contributed by atoms with van der Waals surface area (Å²) in [4.78, 5) is 24.6. The monoisotopic (exact) mass is 358 g/mol. The van der Waals surface area contributed by atoms with Gasteiger partial charge in [-0.1, -0.05) is 19.1 Å². The van der Waals surface area contributed by atoms with Crippen LogP contribution in [0.3, 0.4) is 0 Å². The maximum atomic E-state index is 12.6. The van der Waals surface area contributed by atoms with Crippen molar-refractivity contribution in [2.45, 2.75) is 31.9 Å². The highest BCUT2D eigenvalue weighted by Gasteiger charge is 2.30. The molecule has 1 saturated heterocycles. The molecule has 1 aliphatic rings. The van der Waals surface area contributed by atoms with Gasteiger partial charge in [-0.05, 0) is 36.5 Å². The van der Waals surface area contributed by atoms with Crippen molar-refractivity contribution in [2.75, 3.05) is 19.6 Å². The lowest BCUT2D eigenvalue weighted by Crippen LogP contribution is -2.46. The molecule has 1 aromatic carbocycles. The molecule has 1 fully saturated rings. The van der Waals surface area contributed by atoms with E-state index < -0.39 is 23.6 Å². The molecule has 1 aliphatic heterocycles. The number of amides is 2.